The fourth-order valence-electron chi connectivity index (χ4n) is 1.46. The molecule has 0 radical (unpaired) electrons. The maximum Gasteiger partial charge on any atom is 0.310 e. The molecule has 0 N–H and O–H groups in total. The van der Waals surface area contributed by atoms with E-state index in [1.165, 1.54) is 0 Å². The van der Waals surface area contributed by atoms with E-state index < -0.39 is 0 Å². The van der Waals surface area contributed by atoms with Gasteiger partial charge in [-0.05, 0) is 24.1 Å². The monoisotopic (exact) mass is 269 g/mol. The van der Waals surface area contributed by atoms with Crippen molar-refractivity contribution < 1.29 is 9.53 Å². The Bertz CT molecular complexity index is 468. The van der Waals surface area contributed by atoms with Crippen molar-refractivity contribution in [2.75, 3.05) is 6.61 Å². The van der Waals surface area contributed by atoms with Crippen LogP contribution in [0.4, 0.5) is 0 Å². The van der Waals surface area contributed by atoms with E-state index >= 15 is 0 Å². The van der Waals surface area contributed by atoms with Gasteiger partial charge in [0.2, 0.25) is 0 Å². The van der Waals surface area contributed by atoms with Crippen molar-refractivity contribution in [3.63, 3.8) is 0 Å². The lowest BCUT2D eigenvalue weighted by molar-refractivity contribution is -0.142. The minimum Gasteiger partial charge on any atom is -0.466 e. The molecular formula is C12H12ClNO2S. The number of ether oxygens (including phenoxy) is 1. The first-order valence-electron chi connectivity index (χ1n) is 5.08. The van der Waals surface area contributed by atoms with Crippen LogP contribution in [-0.2, 0) is 21.8 Å². The number of nitrogens with zero attached hydrogens (tertiary/aromatic N) is 1. The lowest BCUT2D eigenvalue weighted by Crippen LogP contribution is -2.09. The molecule has 1 aromatic rings. The molecule has 90 valence electrons. The van der Waals surface area contributed by atoms with Crippen molar-refractivity contribution in [3.8, 4) is 6.07 Å². The summed E-state index contributed by atoms with van der Waals surface area (Å²) in [5, 5.41) is 9.02. The standard InChI is InChI=1S/C12H12ClNO2S/c1-2-16-12(15)5-9-3-8(6-13)4-11(17)10(9)7-14/h3-4,17H,2,5-6H2,1H3. The van der Waals surface area contributed by atoms with Crippen LogP contribution in [0.3, 0.4) is 0 Å². The maximum absolute atomic E-state index is 11.4. The number of benzene rings is 1. The maximum atomic E-state index is 11.4. The van der Waals surface area contributed by atoms with Crippen LogP contribution >= 0.6 is 24.2 Å². The Labute approximate surface area is 111 Å². The number of halogens is 1. The van der Waals surface area contributed by atoms with Crippen LogP contribution in [0.25, 0.3) is 0 Å². The van der Waals surface area contributed by atoms with Crippen molar-refractivity contribution in [2.45, 2.75) is 24.1 Å². The van der Waals surface area contributed by atoms with Gasteiger partial charge in [0.25, 0.3) is 0 Å². The molecule has 0 aliphatic heterocycles. The molecule has 0 spiro atoms. The van der Waals surface area contributed by atoms with Gasteiger partial charge in [-0.2, -0.15) is 5.26 Å². The van der Waals surface area contributed by atoms with Crippen molar-refractivity contribution in [3.05, 3.63) is 28.8 Å². The molecule has 0 atom stereocenters. The summed E-state index contributed by atoms with van der Waals surface area (Å²) >= 11 is 9.94. The Morgan fingerprint density at radius 3 is 2.82 bits per heavy atom. The molecule has 1 aromatic carbocycles. The van der Waals surface area contributed by atoms with E-state index in [1.807, 2.05) is 6.07 Å². The van der Waals surface area contributed by atoms with E-state index in [0.717, 1.165) is 5.56 Å². The van der Waals surface area contributed by atoms with Gasteiger partial charge < -0.3 is 4.74 Å². The Morgan fingerprint density at radius 2 is 2.29 bits per heavy atom. The number of esters is 1. The molecule has 5 heteroatoms. The smallest absolute Gasteiger partial charge is 0.310 e. The highest BCUT2D eigenvalue weighted by molar-refractivity contribution is 7.80. The zero-order valence-electron chi connectivity index (χ0n) is 9.36. The van der Waals surface area contributed by atoms with Gasteiger partial charge in [0.1, 0.15) is 6.07 Å². The number of hydrogen-bond donors (Lipinski definition) is 1. The van der Waals surface area contributed by atoms with Gasteiger partial charge in [-0.25, -0.2) is 0 Å². The minimum absolute atomic E-state index is 0.0645. The molecule has 0 unspecified atom stereocenters. The molecule has 1 rings (SSSR count). The molecule has 0 aliphatic carbocycles. The van der Waals surface area contributed by atoms with Gasteiger partial charge >= 0.3 is 5.97 Å². The molecule has 0 fully saturated rings. The molecule has 0 bridgehead atoms. The summed E-state index contributed by atoms with van der Waals surface area (Å²) < 4.78 is 4.85. The summed E-state index contributed by atoms with van der Waals surface area (Å²) in [5.41, 5.74) is 1.83. The van der Waals surface area contributed by atoms with Gasteiger partial charge in [-0.15, -0.1) is 24.2 Å². The summed E-state index contributed by atoms with van der Waals surface area (Å²) in [5.74, 6) is -0.0433. The zero-order chi connectivity index (χ0) is 12.8. The van der Waals surface area contributed by atoms with E-state index in [2.05, 4.69) is 12.6 Å². The fraction of sp³-hybridized carbons (Fsp3) is 0.333. The van der Waals surface area contributed by atoms with Crippen LogP contribution in [0.1, 0.15) is 23.6 Å². The Balaban J connectivity index is 3.08. The third-order valence-electron chi connectivity index (χ3n) is 2.17. The van der Waals surface area contributed by atoms with E-state index in [0.29, 0.717) is 28.5 Å². The number of hydrogen-bond acceptors (Lipinski definition) is 4. The molecule has 0 aliphatic rings. The highest BCUT2D eigenvalue weighted by Crippen LogP contribution is 2.22. The average molecular weight is 270 g/mol. The molecular weight excluding hydrogens is 258 g/mol. The summed E-state index contributed by atoms with van der Waals surface area (Å²) in [6.45, 7) is 2.06. The van der Waals surface area contributed by atoms with E-state index in [1.54, 1.807) is 19.1 Å². The largest absolute Gasteiger partial charge is 0.466 e. The molecule has 0 saturated heterocycles. The Morgan fingerprint density at radius 1 is 1.59 bits per heavy atom. The first-order chi connectivity index (χ1) is 8.12. The number of thiol groups is 1. The molecule has 0 aromatic heterocycles. The van der Waals surface area contributed by atoms with Crippen molar-refractivity contribution in [1.82, 2.24) is 0 Å². The lowest BCUT2D eigenvalue weighted by atomic mass is 10.0. The minimum atomic E-state index is -0.358. The highest BCUT2D eigenvalue weighted by Gasteiger charge is 2.12. The summed E-state index contributed by atoms with van der Waals surface area (Å²) in [4.78, 5) is 11.9. The summed E-state index contributed by atoms with van der Waals surface area (Å²) in [7, 11) is 0. The van der Waals surface area contributed by atoms with Gasteiger partial charge in [0.05, 0.1) is 18.6 Å². The lowest BCUT2D eigenvalue weighted by Gasteiger charge is -2.08. The zero-order valence-corrected chi connectivity index (χ0v) is 11.0. The Hall–Kier alpha value is -1.18. The summed E-state index contributed by atoms with van der Waals surface area (Å²) in [6.07, 6.45) is 0.0645. The third-order valence-corrected chi connectivity index (χ3v) is 2.83. The average Bonchev–Trinajstić information content (AvgIpc) is 2.28. The number of nitriles is 1. The molecule has 3 nitrogen and oxygen atoms in total. The van der Waals surface area contributed by atoms with Crippen molar-refractivity contribution >= 4 is 30.2 Å². The predicted molar refractivity (Wildman–Crippen MR) is 68.3 cm³/mol. The van der Waals surface area contributed by atoms with Crippen LogP contribution in [0, 0.1) is 11.3 Å². The van der Waals surface area contributed by atoms with Crippen LogP contribution in [-0.4, -0.2) is 12.6 Å². The summed E-state index contributed by atoms with van der Waals surface area (Å²) in [6, 6.07) is 5.50. The predicted octanol–water partition coefficient (Wildman–Crippen LogP) is 2.69. The van der Waals surface area contributed by atoms with Crippen LogP contribution in [0.15, 0.2) is 17.0 Å². The topological polar surface area (TPSA) is 50.1 Å². The second-order valence-corrected chi connectivity index (χ2v) is 4.13. The number of rotatable bonds is 4. The first-order valence-corrected chi connectivity index (χ1v) is 6.07. The number of alkyl halides is 1. The normalized spacial score (nSPS) is 9.76. The fourth-order valence-corrected chi connectivity index (χ4v) is 1.98. The van der Waals surface area contributed by atoms with E-state index in [4.69, 9.17) is 21.6 Å². The van der Waals surface area contributed by atoms with Crippen LogP contribution < -0.4 is 0 Å². The van der Waals surface area contributed by atoms with Gasteiger partial charge in [-0.1, -0.05) is 6.07 Å². The van der Waals surface area contributed by atoms with Crippen molar-refractivity contribution in [1.29, 1.82) is 5.26 Å². The van der Waals surface area contributed by atoms with Gasteiger partial charge in [0.15, 0.2) is 0 Å². The van der Waals surface area contributed by atoms with Crippen LogP contribution in [0.2, 0.25) is 0 Å². The molecule has 0 amide bonds. The SMILES string of the molecule is CCOC(=O)Cc1cc(CCl)cc(S)c1C#N. The van der Waals surface area contributed by atoms with Crippen molar-refractivity contribution in [2.24, 2.45) is 0 Å². The van der Waals surface area contributed by atoms with Gasteiger partial charge in [0, 0.05) is 10.8 Å². The number of carbonyl (C=O) groups is 1. The third kappa shape index (κ3) is 3.65. The highest BCUT2D eigenvalue weighted by atomic mass is 35.5. The second kappa shape index (κ2) is 6.53. The number of carbonyl (C=O) groups excluding carboxylic acids is 1. The van der Waals surface area contributed by atoms with E-state index in [-0.39, 0.29) is 12.4 Å². The Kier molecular flexibility index (Phi) is 5.33. The first kappa shape index (κ1) is 13.9. The quantitative estimate of drug-likeness (QED) is 0.519. The molecule has 17 heavy (non-hydrogen) atoms. The van der Waals surface area contributed by atoms with E-state index in [9.17, 15) is 4.79 Å². The van der Waals surface area contributed by atoms with Crippen LogP contribution in [0.5, 0.6) is 0 Å². The molecule has 0 saturated carbocycles. The second-order valence-electron chi connectivity index (χ2n) is 3.38. The molecule has 0 heterocycles. The van der Waals surface area contributed by atoms with Gasteiger partial charge in [-0.3, -0.25) is 4.79 Å².